The summed E-state index contributed by atoms with van der Waals surface area (Å²) in [7, 11) is 0. The van der Waals surface area contributed by atoms with Crippen LogP contribution in [0.3, 0.4) is 0 Å². The summed E-state index contributed by atoms with van der Waals surface area (Å²) in [6.45, 7) is 3.08. The predicted octanol–water partition coefficient (Wildman–Crippen LogP) is 5.66. The van der Waals surface area contributed by atoms with E-state index in [9.17, 15) is 4.79 Å². The summed E-state index contributed by atoms with van der Waals surface area (Å²) in [5.74, 6) is 1.83. The highest BCUT2D eigenvalue weighted by molar-refractivity contribution is 6.00. The molecule has 1 saturated heterocycles. The summed E-state index contributed by atoms with van der Waals surface area (Å²) in [6.07, 6.45) is 3.89. The Morgan fingerprint density at radius 2 is 1.88 bits per heavy atom. The van der Waals surface area contributed by atoms with Gasteiger partial charge in [0.1, 0.15) is 5.75 Å². The zero-order valence-corrected chi connectivity index (χ0v) is 18.7. The van der Waals surface area contributed by atoms with Gasteiger partial charge < -0.3 is 14.2 Å². The van der Waals surface area contributed by atoms with E-state index < -0.39 is 0 Å². The maximum Gasteiger partial charge on any atom is 0.258 e. The fraction of sp³-hybridized carbons (Fsp3) is 0.296. The number of carbonyl (C=O) groups is 1. The van der Waals surface area contributed by atoms with Gasteiger partial charge in [0.25, 0.3) is 11.8 Å². The highest BCUT2D eigenvalue weighted by atomic mass is 16.5. The van der Waals surface area contributed by atoms with Crippen LogP contribution in [0.5, 0.6) is 5.75 Å². The topological polar surface area (TPSA) is 68.5 Å². The molecule has 0 bridgehead atoms. The molecule has 168 valence electrons. The molecule has 4 aromatic rings. The van der Waals surface area contributed by atoms with Gasteiger partial charge in [-0.1, -0.05) is 53.7 Å². The van der Waals surface area contributed by atoms with Crippen LogP contribution in [0.4, 0.5) is 0 Å². The van der Waals surface area contributed by atoms with E-state index in [4.69, 9.17) is 9.26 Å². The smallest absolute Gasteiger partial charge is 0.258 e. The van der Waals surface area contributed by atoms with Crippen molar-refractivity contribution in [3.05, 3.63) is 78.1 Å². The van der Waals surface area contributed by atoms with E-state index in [1.807, 2.05) is 53.4 Å². The van der Waals surface area contributed by atoms with Gasteiger partial charge in [-0.15, -0.1) is 0 Å². The van der Waals surface area contributed by atoms with Crippen molar-refractivity contribution < 1.29 is 14.1 Å². The Morgan fingerprint density at radius 3 is 2.76 bits per heavy atom. The van der Waals surface area contributed by atoms with Crippen molar-refractivity contribution in [1.29, 1.82) is 0 Å². The lowest BCUT2D eigenvalue weighted by Gasteiger charge is -2.36. The Bertz CT molecular complexity index is 1260. The Labute approximate surface area is 193 Å². The average Bonchev–Trinajstić information content (AvgIpc) is 3.30. The number of rotatable bonds is 6. The minimum atomic E-state index is 0.0105. The van der Waals surface area contributed by atoms with Crippen LogP contribution < -0.4 is 4.74 Å². The molecule has 0 spiro atoms. The Balaban J connectivity index is 1.32. The molecule has 1 atom stereocenters. The highest BCUT2D eigenvalue weighted by Gasteiger charge is 2.29. The SMILES string of the molecule is Cc1noc(-c2ccccc2C(=O)N2CCCCC2CCOc2cccc3ccccc23)n1. The minimum Gasteiger partial charge on any atom is -0.493 e. The normalized spacial score (nSPS) is 16.2. The molecule has 1 amide bonds. The van der Waals surface area contributed by atoms with Crippen LogP contribution in [0.2, 0.25) is 0 Å². The van der Waals surface area contributed by atoms with Crippen LogP contribution in [0.25, 0.3) is 22.2 Å². The number of amides is 1. The van der Waals surface area contributed by atoms with Crippen molar-refractivity contribution in [2.75, 3.05) is 13.2 Å². The van der Waals surface area contributed by atoms with Crippen LogP contribution in [0.1, 0.15) is 41.9 Å². The lowest BCUT2D eigenvalue weighted by molar-refractivity contribution is 0.0581. The molecule has 1 aliphatic rings. The van der Waals surface area contributed by atoms with Crippen molar-refractivity contribution in [1.82, 2.24) is 15.0 Å². The molecule has 5 rings (SSSR count). The van der Waals surface area contributed by atoms with E-state index >= 15 is 0 Å². The Kier molecular flexibility index (Phi) is 6.07. The third-order valence-electron chi connectivity index (χ3n) is 6.26. The largest absolute Gasteiger partial charge is 0.493 e. The van der Waals surface area contributed by atoms with Crippen LogP contribution >= 0.6 is 0 Å². The van der Waals surface area contributed by atoms with E-state index in [1.165, 1.54) is 0 Å². The summed E-state index contributed by atoms with van der Waals surface area (Å²) in [5.41, 5.74) is 1.28. The van der Waals surface area contributed by atoms with Gasteiger partial charge >= 0.3 is 0 Å². The van der Waals surface area contributed by atoms with E-state index in [2.05, 4.69) is 28.3 Å². The molecule has 3 aromatic carbocycles. The monoisotopic (exact) mass is 441 g/mol. The third-order valence-corrected chi connectivity index (χ3v) is 6.26. The molecule has 6 nitrogen and oxygen atoms in total. The first-order valence-corrected chi connectivity index (χ1v) is 11.5. The van der Waals surface area contributed by atoms with Crippen LogP contribution in [0.15, 0.2) is 71.3 Å². The first kappa shape index (κ1) is 21.2. The molecule has 6 heteroatoms. The number of ether oxygens (including phenoxy) is 1. The van der Waals surface area contributed by atoms with Gasteiger partial charge in [0.15, 0.2) is 5.82 Å². The summed E-state index contributed by atoms with van der Waals surface area (Å²) in [4.78, 5) is 19.9. The predicted molar refractivity (Wildman–Crippen MR) is 127 cm³/mol. The molecule has 0 saturated carbocycles. The molecule has 1 fully saturated rings. The number of hydrogen-bond donors (Lipinski definition) is 0. The number of fused-ring (bicyclic) bond motifs is 1. The lowest BCUT2D eigenvalue weighted by atomic mass is 9.97. The van der Waals surface area contributed by atoms with E-state index in [0.29, 0.717) is 29.4 Å². The zero-order valence-electron chi connectivity index (χ0n) is 18.7. The van der Waals surface area contributed by atoms with Crippen molar-refractivity contribution in [2.45, 2.75) is 38.6 Å². The van der Waals surface area contributed by atoms with Gasteiger partial charge in [-0.05, 0) is 49.8 Å². The molecular formula is C27H27N3O3. The van der Waals surface area contributed by atoms with Gasteiger partial charge in [-0.3, -0.25) is 4.79 Å². The third kappa shape index (κ3) is 4.46. The molecule has 2 heterocycles. The minimum absolute atomic E-state index is 0.0105. The number of carbonyl (C=O) groups excluding carboxylic acids is 1. The maximum absolute atomic E-state index is 13.6. The average molecular weight is 442 g/mol. The van der Waals surface area contributed by atoms with Gasteiger partial charge in [-0.2, -0.15) is 4.98 Å². The van der Waals surface area contributed by atoms with E-state index in [0.717, 1.165) is 48.8 Å². The highest BCUT2D eigenvalue weighted by Crippen LogP contribution is 2.29. The first-order valence-electron chi connectivity index (χ1n) is 11.5. The van der Waals surface area contributed by atoms with Crippen molar-refractivity contribution >= 4 is 16.7 Å². The Hall–Kier alpha value is -3.67. The number of piperidine rings is 1. The maximum atomic E-state index is 13.6. The molecule has 1 aliphatic heterocycles. The van der Waals surface area contributed by atoms with Crippen molar-refractivity contribution in [2.24, 2.45) is 0 Å². The number of likely N-dealkylation sites (tertiary alicyclic amines) is 1. The van der Waals surface area contributed by atoms with Gasteiger partial charge in [-0.25, -0.2) is 0 Å². The van der Waals surface area contributed by atoms with Gasteiger partial charge in [0.05, 0.1) is 17.7 Å². The molecule has 33 heavy (non-hydrogen) atoms. The van der Waals surface area contributed by atoms with E-state index in [1.54, 1.807) is 6.92 Å². The molecule has 0 radical (unpaired) electrons. The second-order valence-corrected chi connectivity index (χ2v) is 8.45. The second-order valence-electron chi connectivity index (χ2n) is 8.45. The van der Waals surface area contributed by atoms with Crippen LogP contribution in [-0.2, 0) is 0 Å². The molecule has 1 aromatic heterocycles. The number of benzene rings is 3. The standard InChI is InChI=1S/C27H27N3O3/c1-19-28-26(33-29-19)23-13-4-5-14-24(23)27(31)30-17-7-6-11-21(30)16-18-32-25-15-8-10-20-9-2-3-12-22(20)25/h2-5,8-10,12-15,21H,6-7,11,16-18H2,1H3. The van der Waals surface area contributed by atoms with E-state index in [-0.39, 0.29) is 11.9 Å². The van der Waals surface area contributed by atoms with Gasteiger partial charge in [0, 0.05) is 24.4 Å². The number of hydrogen-bond acceptors (Lipinski definition) is 5. The van der Waals surface area contributed by atoms with Crippen molar-refractivity contribution in [3.63, 3.8) is 0 Å². The number of aromatic nitrogens is 2. The lowest BCUT2D eigenvalue weighted by Crippen LogP contribution is -2.44. The molecule has 0 N–H and O–H groups in total. The fourth-order valence-electron chi connectivity index (χ4n) is 4.61. The first-order chi connectivity index (χ1) is 16.2. The number of aryl methyl sites for hydroxylation is 1. The number of nitrogens with zero attached hydrogens (tertiary/aromatic N) is 3. The summed E-state index contributed by atoms with van der Waals surface area (Å²) < 4.78 is 11.5. The van der Waals surface area contributed by atoms with Crippen molar-refractivity contribution in [3.8, 4) is 17.2 Å². The Morgan fingerprint density at radius 1 is 1.06 bits per heavy atom. The zero-order chi connectivity index (χ0) is 22.6. The summed E-state index contributed by atoms with van der Waals surface area (Å²) in [6, 6.07) is 22.0. The quantitative estimate of drug-likeness (QED) is 0.386. The summed E-state index contributed by atoms with van der Waals surface area (Å²) >= 11 is 0. The molecular weight excluding hydrogens is 414 g/mol. The van der Waals surface area contributed by atoms with Gasteiger partial charge in [0.2, 0.25) is 0 Å². The molecule has 1 unspecified atom stereocenters. The molecule has 0 aliphatic carbocycles. The van der Waals surface area contributed by atoms with Crippen LogP contribution in [-0.4, -0.2) is 40.1 Å². The summed E-state index contributed by atoms with van der Waals surface area (Å²) in [5, 5.41) is 6.16. The van der Waals surface area contributed by atoms with Crippen LogP contribution in [0, 0.1) is 6.92 Å². The fourth-order valence-corrected chi connectivity index (χ4v) is 4.61. The second kappa shape index (κ2) is 9.45.